The van der Waals surface area contributed by atoms with E-state index in [0.717, 1.165) is 37.5 Å². The molecule has 0 heterocycles. The highest BCUT2D eigenvalue weighted by Gasteiger charge is 2.55. The van der Waals surface area contributed by atoms with E-state index < -0.39 is 17.6 Å². The summed E-state index contributed by atoms with van der Waals surface area (Å²) in [6, 6.07) is -0.0993. The molecule has 1 fully saturated rings. The molecule has 2 N–H and O–H groups in total. The monoisotopic (exact) mass is 238 g/mol. The average Bonchev–Trinajstić information content (AvgIpc) is 2.66. The largest absolute Gasteiger partial charge is 0.415 e. The van der Waals surface area contributed by atoms with Crippen LogP contribution in [-0.4, -0.2) is 35.6 Å². The van der Waals surface area contributed by atoms with Crippen LogP contribution in [0.2, 0.25) is 0 Å². The van der Waals surface area contributed by atoms with Crippen LogP contribution in [0.1, 0.15) is 32.6 Å². The summed E-state index contributed by atoms with van der Waals surface area (Å²) in [5, 5.41) is 0. The van der Waals surface area contributed by atoms with Crippen molar-refractivity contribution in [2.45, 2.75) is 50.4 Å². The Morgan fingerprint density at radius 3 is 2.12 bits per heavy atom. The molecule has 1 amide bonds. The van der Waals surface area contributed by atoms with Gasteiger partial charge in [-0.1, -0.05) is 12.8 Å². The van der Waals surface area contributed by atoms with Crippen LogP contribution in [0.3, 0.4) is 0 Å². The Labute approximate surface area is 92.8 Å². The summed E-state index contributed by atoms with van der Waals surface area (Å²) >= 11 is 0. The number of likely N-dealkylation sites (N-methyl/N-ethyl adjacent to an activating group) is 1. The third kappa shape index (κ3) is 2.31. The maximum absolute atomic E-state index is 12.6. The third-order valence-corrected chi connectivity index (χ3v) is 3.23. The van der Waals surface area contributed by atoms with E-state index in [1.807, 2.05) is 0 Å². The minimum Gasteiger partial charge on any atom is -0.341 e. The maximum atomic E-state index is 12.6. The van der Waals surface area contributed by atoms with Gasteiger partial charge in [-0.2, -0.15) is 13.2 Å². The fourth-order valence-electron chi connectivity index (χ4n) is 1.94. The van der Waals surface area contributed by atoms with Gasteiger partial charge in [0.1, 0.15) is 0 Å². The molecule has 0 aliphatic heterocycles. The van der Waals surface area contributed by atoms with Crippen molar-refractivity contribution in [2.24, 2.45) is 5.73 Å². The van der Waals surface area contributed by atoms with Gasteiger partial charge >= 0.3 is 6.18 Å². The molecule has 0 aromatic carbocycles. The molecule has 0 radical (unpaired) electrons. The predicted molar refractivity (Wildman–Crippen MR) is 53.7 cm³/mol. The molecule has 0 aromatic heterocycles. The fourth-order valence-corrected chi connectivity index (χ4v) is 1.94. The highest BCUT2D eigenvalue weighted by molar-refractivity contribution is 5.86. The minimum absolute atomic E-state index is 0.0993. The van der Waals surface area contributed by atoms with Gasteiger partial charge in [-0.05, 0) is 19.8 Å². The molecule has 1 atom stereocenters. The number of carbonyl (C=O) groups is 1. The molecule has 1 aliphatic carbocycles. The van der Waals surface area contributed by atoms with E-state index in [1.54, 1.807) is 0 Å². The minimum atomic E-state index is -4.71. The predicted octanol–water partition coefficient (Wildman–Crippen LogP) is 1.67. The molecule has 0 saturated heterocycles. The van der Waals surface area contributed by atoms with Gasteiger partial charge in [0.15, 0.2) is 5.54 Å². The second kappa shape index (κ2) is 4.24. The topological polar surface area (TPSA) is 46.3 Å². The second-order valence-electron chi connectivity index (χ2n) is 4.55. The van der Waals surface area contributed by atoms with E-state index in [4.69, 9.17) is 5.73 Å². The van der Waals surface area contributed by atoms with Gasteiger partial charge in [0, 0.05) is 13.1 Å². The van der Waals surface area contributed by atoms with Crippen molar-refractivity contribution < 1.29 is 18.0 Å². The van der Waals surface area contributed by atoms with E-state index >= 15 is 0 Å². The first-order valence-electron chi connectivity index (χ1n) is 5.31. The molecule has 0 spiro atoms. The van der Waals surface area contributed by atoms with Crippen LogP contribution in [0, 0.1) is 0 Å². The molecule has 0 bridgehead atoms. The van der Waals surface area contributed by atoms with Crippen LogP contribution < -0.4 is 5.73 Å². The standard InChI is InChI=1S/C10H17F3N2O/c1-9(14,10(11,12)13)8(16)15(2)7-5-3-4-6-7/h7H,3-6,14H2,1-2H3. The van der Waals surface area contributed by atoms with Gasteiger partial charge in [-0.15, -0.1) is 0 Å². The fraction of sp³-hybridized carbons (Fsp3) is 0.900. The van der Waals surface area contributed by atoms with Gasteiger partial charge in [0.25, 0.3) is 5.91 Å². The molecule has 16 heavy (non-hydrogen) atoms. The zero-order chi connectivity index (χ0) is 12.6. The highest BCUT2D eigenvalue weighted by Crippen LogP contribution is 2.31. The van der Waals surface area contributed by atoms with Crippen LogP contribution in [0.4, 0.5) is 13.2 Å². The zero-order valence-electron chi connectivity index (χ0n) is 9.47. The zero-order valence-corrected chi connectivity index (χ0v) is 9.47. The Morgan fingerprint density at radius 1 is 1.31 bits per heavy atom. The number of hydrogen-bond acceptors (Lipinski definition) is 2. The SMILES string of the molecule is CN(C(=O)C(C)(N)C(F)(F)F)C1CCCC1. The van der Waals surface area contributed by atoms with Crippen molar-refractivity contribution in [3.05, 3.63) is 0 Å². The lowest BCUT2D eigenvalue weighted by atomic mass is 10.0. The summed E-state index contributed by atoms with van der Waals surface area (Å²) in [4.78, 5) is 12.8. The van der Waals surface area contributed by atoms with E-state index in [9.17, 15) is 18.0 Å². The van der Waals surface area contributed by atoms with Crippen LogP contribution in [0.15, 0.2) is 0 Å². The number of nitrogens with zero attached hydrogens (tertiary/aromatic N) is 1. The Balaban J connectivity index is 2.76. The number of halogens is 3. The maximum Gasteiger partial charge on any atom is 0.415 e. The molecule has 6 heteroatoms. The number of nitrogens with two attached hydrogens (primary N) is 1. The van der Waals surface area contributed by atoms with Gasteiger partial charge in [0.05, 0.1) is 0 Å². The van der Waals surface area contributed by atoms with Gasteiger partial charge in [-0.25, -0.2) is 0 Å². The van der Waals surface area contributed by atoms with Gasteiger partial charge < -0.3 is 10.6 Å². The van der Waals surface area contributed by atoms with Crippen molar-refractivity contribution in [3.63, 3.8) is 0 Å². The van der Waals surface area contributed by atoms with Crippen molar-refractivity contribution in [3.8, 4) is 0 Å². The van der Waals surface area contributed by atoms with E-state index in [-0.39, 0.29) is 6.04 Å². The number of carbonyl (C=O) groups excluding carboxylic acids is 1. The Kier molecular flexibility index (Phi) is 3.52. The summed E-state index contributed by atoms with van der Waals surface area (Å²) in [5.74, 6) is -1.05. The Hall–Kier alpha value is -0.780. The third-order valence-electron chi connectivity index (χ3n) is 3.23. The van der Waals surface area contributed by atoms with E-state index in [0.29, 0.717) is 0 Å². The van der Waals surface area contributed by atoms with Crippen molar-refractivity contribution >= 4 is 5.91 Å². The lowest BCUT2D eigenvalue weighted by Crippen LogP contribution is -2.62. The summed E-state index contributed by atoms with van der Waals surface area (Å²) in [6.07, 6.45) is -1.28. The molecule has 3 nitrogen and oxygen atoms in total. The lowest BCUT2D eigenvalue weighted by Gasteiger charge is -2.34. The average molecular weight is 238 g/mol. The summed E-state index contributed by atoms with van der Waals surface area (Å²) in [7, 11) is 1.40. The first-order chi connectivity index (χ1) is 7.18. The molecule has 1 saturated carbocycles. The summed E-state index contributed by atoms with van der Waals surface area (Å²) < 4.78 is 37.7. The lowest BCUT2D eigenvalue weighted by molar-refractivity contribution is -0.194. The van der Waals surface area contributed by atoms with Crippen molar-refractivity contribution in [1.29, 1.82) is 0 Å². The summed E-state index contributed by atoms with van der Waals surface area (Å²) in [6.45, 7) is 0.723. The molecular weight excluding hydrogens is 221 g/mol. The summed E-state index contributed by atoms with van der Waals surface area (Å²) in [5.41, 5.74) is 2.30. The van der Waals surface area contributed by atoms with Gasteiger partial charge in [0.2, 0.25) is 0 Å². The smallest absolute Gasteiger partial charge is 0.341 e. The van der Waals surface area contributed by atoms with Crippen molar-refractivity contribution in [1.82, 2.24) is 4.90 Å². The van der Waals surface area contributed by atoms with Crippen molar-refractivity contribution in [2.75, 3.05) is 7.05 Å². The van der Waals surface area contributed by atoms with Crippen LogP contribution in [0.25, 0.3) is 0 Å². The second-order valence-corrected chi connectivity index (χ2v) is 4.55. The van der Waals surface area contributed by atoms with E-state index in [1.165, 1.54) is 7.05 Å². The quantitative estimate of drug-likeness (QED) is 0.795. The number of amides is 1. The Morgan fingerprint density at radius 2 is 1.75 bits per heavy atom. The normalized spacial score (nSPS) is 21.9. The first-order valence-corrected chi connectivity index (χ1v) is 5.31. The molecule has 0 aromatic rings. The number of hydrogen-bond donors (Lipinski definition) is 1. The first kappa shape index (κ1) is 13.3. The molecule has 94 valence electrons. The highest BCUT2D eigenvalue weighted by atomic mass is 19.4. The molecule has 1 rings (SSSR count). The van der Waals surface area contributed by atoms with Crippen LogP contribution in [0.5, 0.6) is 0 Å². The molecular formula is C10H17F3N2O. The number of rotatable bonds is 2. The number of alkyl halides is 3. The van der Waals surface area contributed by atoms with E-state index in [2.05, 4.69) is 0 Å². The van der Waals surface area contributed by atoms with Gasteiger partial charge in [-0.3, -0.25) is 4.79 Å². The van der Waals surface area contributed by atoms with Crippen LogP contribution in [-0.2, 0) is 4.79 Å². The molecule has 1 unspecified atom stereocenters. The van der Waals surface area contributed by atoms with Crippen LogP contribution >= 0.6 is 0 Å². The molecule has 1 aliphatic rings. The Bertz CT molecular complexity index is 270.